The molecule has 3 nitrogen and oxygen atoms in total. The van der Waals surface area contributed by atoms with Crippen molar-refractivity contribution in [1.82, 2.24) is 9.97 Å². The van der Waals surface area contributed by atoms with Crippen molar-refractivity contribution < 1.29 is 0 Å². The fourth-order valence-electron chi connectivity index (χ4n) is 1.80. The van der Waals surface area contributed by atoms with Gasteiger partial charge in [-0.2, -0.15) is 0 Å². The van der Waals surface area contributed by atoms with E-state index >= 15 is 0 Å². The van der Waals surface area contributed by atoms with E-state index in [0.29, 0.717) is 11.2 Å². The van der Waals surface area contributed by atoms with Gasteiger partial charge in [-0.15, -0.1) is 0 Å². The Bertz CT molecular complexity index is 323. The third-order valence-electron chi connectivity index (χ3n) is 2.50. The number of rotatable bonds is 1. The van der Waals surface area contributed by atoms with Gasteiger partial charge >= 0.3 is 0 Å². The van der Waals surface area contributed by atoms with Gasteiger partial charge in [-0.25, -0.2) is 9.97 Å². The second kappa shape index (κ2) is 3.91. The maximum absolute atomic E-state index is 5.81. The number of nitrogens with zero attached hydrogens (tertiary/aromatic N) is 3. The van der Waals surface area contributed by atoms with E-state index in [1.807, 2.05) is 0 Å². The highest BCUT2D eigenvalue weighted by molar-refractivity contribution is 6.32. The molecular formula is C9H11Cl2N3. The van der Waals surface area contributed by atoms with Crippen LogP contribution in [0, 0.1) is 0 Å². The molecule has 2 heterocycles. The van der Waals surface area contributed by atoms with Crippen LogP contribution in [0.5, 0.6) is 0 Å². The summed E-state index contributed by atoms with van der Waals surface area (Å²) in [4.78, 5) is 10.2. The average Bonchev–Trinajstić information content (AvgIpc) is 2.49. The molecule has 0 N–H and O–H groups in total. The molecule has 1 unspecified atom stereocenters. The highest BCUT2D eigenvalue weighted by Gasteiger charge is 2.22. The van der Waals surface area contributed by atoms with Crippen molar-refractivity contribution in [2.75, 3.05) is 11.4 Å². The summed E-state index contributed by atoms with van der Waals surface area (Å²) in [5.41, 5.74) is 0. The van der Waals surface area contributed by atoms with Crippen LogP contribution in [0.3, 0.4) is 0 Å². The van der Waals surface area contributed by atoms with Crippen molar-refractivity contribution in [3.8, 4) is 0 Å². The van der Waals surface area contributed by atoms with Crippen molar-refractivity contribution in [3.63, 3.8) is 0 Å². The van der Waals surface area contributed by atoms with Crippen LogP contribution >= 0.6 is 23.2 Å². The van der Waals surface area contributed by atoms with Gasteiger partial charge in [0.25, 0.3) is 0 Å². The van der Waals surface area contributed by atoms with E-state index < -0.39 is 0 Å². The number of halogens is 2. The zero-order valence-corrected chi connectivity index (χ0v) is 9.39. The molecule has 1 fully saturated rings. The summed E-state index contributed by atoms with van der Waals surface area (Å²) in [7, 11) is 0. The molecule has 0 bridgehead atoms. The van der Waals surface area contributed by atoms with E-state index in [0.717, 1.165) is 12.4 Å². The minimum Gasteiger partial charge on any atom is -0.354 e. The van der Waals surface area contributed by atoms with E-state index in [1.165, 1.54) is 12.8 Å². The number of anilines is 1. The summed E-state index contributed by atoms with van der Waals surface area (Å²) >= 11 is 11.6. The van der Waals surface area contributed by atoms with Crippen LogP contribution in [0.25, 0.3) is 0 Å². The van der Waals surface area contributed by atoms with Gasteiger partial charge in [-0.05, 0) is 31.4 Å². The molecule has 5 heteroatoms. The Morgan fingerprint density at radius 1 is 1.43 bits per heavy atom. The number of aromatic nitrogens is 2. The number of hydrogen-bond donors (Lipinski definition) is 0. The summed E-state index contributed by atoms with van der Waals surface area (Å²) in [6.45, 7) is 3.20. The van der Waals surface area contributed by atoms with Crippen molar-refractivity contribution in [2.45, 2.75) is 25.8 Å². The van der Waals surface area contributed by atoms with Crippen LogP contribution in [0.4, 0.5) is 5.82 Å². The highest BCUT2D eigenvalue weighted by atomic mass is 35.5. The van der Waals surface area contributed by atoms with Crippen LogP contribution in [0.2, 0.25) is 10.4 Å². The molecule has 0 saturated carbocycles. The van der Waals surface area contributed by atoms with Crippen LogP contribution in [0.15, 0.2) is 6.07 Å². The molecule has 0 amide bonds. The molecule has 0 aromatic carbocycles. The number of hydrogen-bond acceptors (Lipinski definition) is 3. The van der Waals surface area contributed by atoms with E-state index in [9.17, 15) is 0 Å². The SMILES string of the molecule is CC1CCCN1c1cc(Cl)nc(Cl)n1. The van der Waals surface area contributed by atoms with Gasteiger partial charge in [0.15, 0.2) is 0 Å². The largest absolute Gasteiger partial charge is 0.354 e. The molecule has 1 saturated heterocycles. The summed E-state index contributed by atoms with van der Waals surface area (Å²) in [6, 6.07) is 2.27. The standard InChI is InChI=1S/C9H11Cl2N3/c1-6-3-2-4-14(6)8-5-7(10)12-9(11)13-8/h5-6H,2-4H2,1H3. The monoisotopic (exact) mass is 231 g/mol. The summed E-state index contributed by atoms with van der Waals surface area (Å²) in [5.74, 6) is 0.833. The summed E-state index contributed by atoms with van der Waals surface area (Å²) in [6.07, 6.45) is 2.39. The van der Waals surface area contributed by atoms with E-state index in [-0.39, 0.29) is 5.28 Å². The first kappa shape index (κ1) is 9.99. The molecule has 1 aliphatic heterocycles. The zero-order chi connectivity index (χ0) is 10.1. The third-order valence-corrected chi connectivity index (χ3v) is 2.86. The van der Waals surface area contributed by atoms with E-state index in [2.05, 4.69) is 21.8 Å². The molecule has 0 radical (unpaired) electrons. The zero-order valence-electron chi connectivity index (χ0n) is 7.87. The van der Waals surface area contributed by atoms with Gasteiger partial charge < -0.3 is 4.90 Å². The van der Waals surface area contributed by atoms with Gasteiger partial charge in [0.2, 0.25) is 5.28 Å². The van der Waals surface area contributed by atoms with Gasteiger partial charge in [-0.1, -0.05) is 11.6 Å². The molecular weight excluding hydrogens is 221 g/mol. The lowest BCUT2D eigenvalue weighted by Crippen LogP contribution is -2.27. The lowest BCUT2D eigenvalue weighted by molar-refractivity contribution is 0.726. The van der Waals surface area contributed by atoms with E-state index in [4.69, 9.17) is 23.2 Å². The molecule has 1 aromatic rings. The van der Waals surface area contributed by atoms with Crippen molar-refractivity contribution in [3.05, 3.63) is 16.5 Å². The fraction of sp³-hybridized carbons (Fsp3) is 0.556. The van der Waals surface area contributed by atoms with Gasteiger partial charge in [0.1, 0.15) is 11.0 Å². The molecule has 0 aliphatic carbocycles. The van der Waals surface area contributed by atoms with Crippen LogP contribution in [-0.4, -0.2) is 22.6 Å². The predicted octanol–water partition coefficient (Wildman–Crippen LogP) is 2.77. The lowest BCUT2D eigenvalue weighted by Gasteiger charge is -2.22. The minimum absolute atomic E-state index is 0.214. The van der Waals surface area contributed by atoms with Gasteiger partial charge in [0, 0.05) is 18.7 Å². The smallest absolute Gasteiger partial charge is 0.225 e. The van der Waals surface area contributed by atoms with Gasteiger partial charge in [0.05, 0.1) is 0 Å². The first-order valence-electron chi connectivity index (χ1n) is 4.63. The first-order valence-corrected chi connectivity index (χ1v) is 5.39. The topological polar surface area (TPSA) is 29.0 Å². The highest BCUT2D eigenvalue weighted by Crippen LogP contribution is 2.25. The fourth-order valence-corrected chi connectivity index (χ4v) is 2.20. The van der Waals surface area contributed by atoms with Crippen LogP contribution in [-0.2, 0) is 0 Å². The molecule has 1 atom stereocenters. The molecule has 76 valence electrons. The normalized spacial score (nSPS) is 21.6. The molecule has 14 heavy (non-hydrogen) atoms. The maximum Gasteiger partial charge on any atom is 0.225 e. The molecule has 2 rings (SSSR count). The Kier molecular flexibility index (Phi) is 2.79. The summed E-state index contributed by atoms with van der Waals surface area (Å²) < 4.78 is 0. The third kappa shape index (κ3) is 1.93. The van der Waals surface area contributed by atoms with Crippen molar-refractivity contribution in [1.29, 1.82) is 0 Å². The van der Waals surface area contributed by atoms with Crippen molar-refractivity contribution >= 4 is 29.0 Å². The summed E-state index contributed by atoms with van der Waals surface area (Å²) in [5, 5.41) is 0.616. The second-order valence-corrected chi connectivity index (χ2v) is 4.23. The Balaban J connectivity index is 2.31. The molecule has 0 spiro atoms. The Morgan fingerprint density at radius 3 is 2.79 bits per heavy atom. The van der Waals surface area contributed by atoms with Crippen LogP contribution in [0.1, 0.15) is 19.8 Å². The van der Waals surface area contributed by atoms with Crippen LogP contribution < -0.4 is 4.90 Å². The Morgan fingerprint density at radius 2 is 2.21 bits per heavy atom. The predicted molar refractivity (Wildman–Crippen MR) is 58.1 cm³/mol. The quantitative estimate of drug-likeness (QED) is 0.550. The van der Waals surface area contributed by atoms with E-state index in [1.54, 1.807) is 6.07 Å². The van der Waals surface area contributed by atoms with Gasteiger partial charge in [-0.3, -0.25) is 0 Å². The van der Waals surface area contributed by atoms with Crippen molar-refractivity contribution in [2.24, 2.45) is 0 Å². The molecule has 1 aromatic heterocycles. The second-order valence-electron chi connectivity index (χ2n) is 3.50. The lowest BCUT2D eigenvalue weighted by atomic mass is 10.2. The Labute approximate surface area is 93.1 Å². The first-order chi connectivity index (χ1) is 6.66. The molecule has 1 aliphatic rings. The Hall–Kier alpha value is -0.540. The average molecular weight is 232 g/mol. The maximum atomic E-state index is 5.81. The minimum atomic E-state index is 0.214.